The highest BCUT2D eigenvalue weighted by atomic mass is 32.1. The maximum atomic E-state index is 13.0. The Kier molecular flexibility index (Phi) is 8.09. The van der Waals surface area contributed by atoms with Gasteiger partial charge in [0.15, 0.2) is 16.6 Å². The maximum absolute atomic E-state index is 13.0. The van der Waals surface area contributed by atoms with Crippen molar-refractivity contribution in [3.8, 4) is 17.2 Å². The van der Waals surface area contributed by atoms with Crippen LogP contribution in [-0.4, -0.2) is 55.1 Å². The number of anilines is 1. The molecule has 0 bridgehead atoms. The third kappa shape index (κ3) is 6.04. The van der Waals surface area contributed by atoms with E-state index >= 15 is 0 Å². The summed E-state index contributed by atoms with van der Waals surface area (Å²) in [4.78, 5) is 17.9. The van der Waals surface area contributed by atoms with Crippen molar-refractivity contribution < 1.29 is 18.9 Å². The van der Waals surface area contributed by atoms with Crippen LogP contribution in [-0.2, 0) is 11.3 Å². The van der Waals surface area contributed by atoms with Gasteiger partial charge in [-0.25, -0.2) is 0 Å². The number of nitrogens with one attached hydrogen (secondary N) is 2. The molecule has 1 atom stereocenters. The van der Waals surface area contributed by atoms with Gasteiger partial charge in [-0.2, -0.15) is 0 Å². The molecule has 1 aliphatic heterocycles. The maximum Gasteiger partial charge on any atom is 0.253 e. The van der Waals surface area contributed by atoms with E-state index in [2.05, 4.69) is 10.3 Å². The second kappa shape index (κ2) is 11.4. The first-order chi connectivity index (χ1) is 17.0. The number of methoxy groups -OCH3 is 2. The Morgan fingerprint density at radius 2 is 1.91 bits per heavy atom. The predicted octanol–water partition coefficient (Wildman–Crippen LogP) is 4.32. The van der Waals surface area contributed by atoms with Crippen LogP contribution in [0.25, 0.3) is 10.9 Å². The van der Waals surface area contributed by atoms with Gasteiger partial charge in [0.1, 0.15) is 5.75 Å². The lowest BCUT2D eigenvalue weighted by Gasteiger charge is -2.28. The van der Waals surface area contributed by atoms with E-state index in [0.29, 0.717) is 47.4 Å². The topological polar surface area (TPSA) is 85.1 Å². The van der Waals surface area contributed by atoms with E-state index in [4.69, 9.17) is 31.2 Å². The Balaban J connectivity index is 1.59. The molecular formula is C26H31N3O5S. The summed E-state index contributed by atoms with van der Waals surface area (Å²) >= 11 is 5.77. The second-order valence-corrected chi connectivity index (χ2v) is 8.71. The summed E-state index contributed by atoms with van der Waals surface area (Å²) in [6.07, 6.45) is 2.06. The number of rotatable bonds is 9. The fourth-order valence-corrected chi connectivity index (χ4v) is 4.42. The van der Waals surface area contributed by atoms with E-state index in [1.165, 1.54) is 0 Å². The van der Waals surface area contributed by atoms with E-state index in [-0.39, 0.29) is 11.7 Å². The molecule has 0 saturated carbocycles. The number of hydrogen-bond donors (Lipinski definition) is 2. The quantitative estimate of drug-likeness (QED) is 0.423. The molecule has 8 nitrogen and oxygen atoms in total. The summed E-state index contributed by atoms with van der Waals surface area (Å²) in [5, 5.41) is 4.66. The van der Waals surface area contributed by atoms with Crippen molar-refractivity contribution in [3.05, 3.63) is 58.4 Å². The van der Waals surface area contributed by atoms with Crippen LogP contribution in [0.1, 0.15) is 25.3 Å². The van der Waals surface area contributed by atoms with Crippen LogP contribution in [0.3, 0.4) is 0 Å². The Morgan fingerprint density at radius 1 is 1.17 bits per heavy atom. The molecule has 1 unspecified atom stereocenters. The van der Waals surface area contributed by atoms with E-state index in [9.17, 15) is 4.79 Å². The van der Waals surface area contributed by atoms with Crippen molar-refractivity contribution in [2.24, 2.45) is 0 Å². The average molecular weight is 498 g/mol. The first-order valence-electron chi connectivity index (χ1n) is 11.7. The number of pyridine rings is 1. The van der Waals surface area contributed by atoms with Crippen molar-refractivity contribution in [2.45, 2.75) is 32.4 Å². The first kappa shape index (κ1) is 24.8. The lowest BCUT2D eigenvalue weighted by atomic mass is 10.1. The van der Waals surface area contributed by atoms with E-state index in [0.717, 1.165) is 36.3 Å². The molecule has 2 heterocycles. The van der Waals surface area contributed by atoms with Gasteiger partial charge < -0.3 is 34.1 Å². The molecule has 4 rings (SSSR count). The van der Waals surface area contributed by atoms with Crippen LogP contribution in [0.15, 0.2) is 47.3 Å². The van der Waals surface area contributed by atoms with Crippen LogP contribution in [0, 0.1) is 0 Å². The number of thiocarbonyl (C=S) groups is 1. The van der Waals surface area contributed by atoms with Crippen LogP contribution in [0.5, 0.6) is 17.2 Å². The van der Waals surface area contributed by atoms with Crippen molar-refractivity contribution in [1.29, 1.82) is 0 Å². The highest BCUT2D eigenvalue weighted by Gasteiger charge is 2.22. The van der Waals surface area contributed by atoms with Gasteiger partial charge in [0, 0.05) is 35.9 Å². The molecule has 1 aromatic heterocycles. The summed E-state index contributed by atoms with van der Waals surface area (Å²) in [5.41, 5.74) is 1.95. The molecule has 0 amide bonds. The summed E-state index contributed by atoms with van der Waals surface area (Å²) in [5.74, 6) is 1.96. The second-order valence-electron chi connectivity index (χ2n) is 8.32. The molecule has 2 N–H and O–H groups in total. The summed E-state index contributed by atoms with van der Waals surface area (Å²) in [7, 11) is 3.15. The van der Waals surface area contributed by atoms with E-state index in [1.807, 2.05) is 48.2 Å². The highest BCUT2D eigenvalue weighted by Crippen LogP contribution is 2.31. The third-order valence-corrected chi connectivity index (χ3v) is 6.30. The summed E-state index contributed by atoms with van der Waals surface area (Å²) in [6.45, 7) is 4.23. The standard InChI is InChI=1S/C26H31N3O5S/c1-4-33-20-9-7-19(8-10-20)27-26(35)29(16-21-6-5-11-34-21)15-18-12-17-13-23(31-2)24(32-3)14-22(17)28-25(18)30/h7-10,12-14,21H,4-6,11,15-16H2,1-3H3,(H,27,35)(H,28,30). The molecule has 1 saturated heterocycles. The molecule has 186 valence electrons. The molecule has 0 aliphatic carbocycles. The summed E-state index contributed by atoms with van der Waals surface area (Å²) in [6, 6.07) is 13.1. The Morgan fingerprint density at radius 3 is 2.57 bits per heavy atom. The number of hydrogen-bond acceptors (Lipinski definition) is 6. The minimum Gasteiger partial charge on any atom is -0.494 e. The lowest BCUT2D eigenvalue weighted by molar-refractivity contribution is 0.0904. The number of fused-ring (bicyclic) bond motifs is 1. The van der Waals surface area contributed by atoms with Crippen LogP contribution >= 0.6 is 12.2 Å². The number of benzene rings is 2. The molecule has 1 aliphatic rings. The molecule has 1 fully saturated rings. The van der Waals surface area contributed by atoms with Gasteiger partial charge in [-0.3, -0.25) is 4.79 Å². The number of aromatic amines is 1. The van der Waals surface area contributed by atoms with Crippen molar-refractivity contribution in [3.63, 3.8) is 0 Å². The minimum absolute atomic E-state index is 0.0685. The zero-order chi connectivity index (χ0) is 24.8. The monoisotopic (exact) mass is 497 g/mol. The van der Waals surface area contributed by atoms with E-state index < -0.39 is 0 Å². The van der Waals surface area contributed by atoms with Crippen molar-refractivity contribution in [1.82, 2.24) is 9.88 Å². The van der Waals surface area contributed by atoms with Gasteiger partial charge in [-0.05, 0) is 68.4 Å². The summed E-state index contributed by atoms with van der Waals surface area (Å²) < 4.78 is 22.2. The number of ether oxygens (including phenoxy) is 4. The molecule has 2 aromatic carbocycles. The Labute approximate surface area is 210 Å². The lowest BCUT2D eigenvalue weighted by Crippen LogP contribution is -2.40. The van der Waals surface area contributed by atoms with Gasteiger partial charge >= 0.3 is 0 Å². The van der Waals surface area contributed by atoms with E-state index in [1.54, 1.807) is 20.3 Å². The Bertz CT molecular complexity index is 1220. The van der Waals surface area contributed by atoms with Gasteiger partial charge in [-0.15, -0.1) is 0 Å². The van der Waals surface area contributed by atoms with Gasteiger partial charge in [0.25, 0.3) is 5.56 Å². The molecule has 0 radical (unpaired) electrons. The van der Waals surface area contributed by atoms with Gasteiger partial charge in [0.2, 0.25) is 0 Å². The zero-order valence-electron chi connectivity index (χ0n) is 20.3. The molecule has 35 heavy (non-hydrogen) atoms. The van der Waals surface area contributed by atoms with Crippen LogP contribution < -0.4 is 25.1 Å². The van der Waals surface area contributed by atoms with Crippen LogP contribution in [0.2, 0.25) is 0 Å². The SMILES string of the molecule is CCOc1ccc(NC(=S)N(Cc2cc3cc(OC)c(OC)cc3[nH]c2=O)CC2CCCO2)cc1. The fraction of sp³-hybridized carbons (Fsp3) is 0.385. The fourth-order valence-electron chi connectivity index (χ4n) is 4.16. The van der Waals surface area contributed by atoms with Crippen molar-refractivity contribution in [2.75, 3.05) is 39.3 Å². The minimum atomic E-state index is -0.175. The smallest absolute Gasteiger partial charge is 0.253 e. The highest BCUT2D eigenvalue weighted by molar-refractivity contribution is 7.80. The first-order valence-corrected chi connectivity index (χ1v) is 12.1. The number of H-pyrrole nitrogens is 1. The largest absolute Gasteiger partial charge is 0.494 e. The van der Waals surface area contributed by atoms with Gasteiger partial charge in [0.05, 0.1) is 39.0 Å². The predicted molar refractivity (Wildman–Crippen MR) is 141 cm³/mol. The Hall–Kier alpha value is -3.30. The molecular weight excluding hydrogens is 466 g/mol. The van der Waals surface area contributed by atoms with Gasteiger partial charge in [-0.1, -0.05) is 0 Å². The average Bonchev–Trinajstić information content (AvgIpc) is 3.38. The van der Waals surface area contributed by atoms with Crippen LogP contribution in [0.4, 0.5) is 5.69 Å². The molecule has 9 heteroatoms. The van der Waals surface area contributed by atoms with Crippen molar-refractivity contribution >= 4 is 33.9 Å². The zero-order valence-corrected chi connectivity index (χ0v) is 21.1. The number of aromatic nitrogens is 1. The number of nitrogens with zero attached hydrogens (tertiary/aromatic N) is 1. The molecule has 0 spiro atoms. The third-order valence-electron chi connectivity index (χ3n) is 5.94. The normalized spacial score (nSPS) is 15.1. The molecule has 3 aromatic rings.